The molecule has 0 aliphatic carbocycles. The molecule has 0 saturated heterocycles. The van der Waals surface area contributed by atoms with Crippen molar-refractivity contribution in [2.45, 2.75) is 52.5 Å². The first-order valence-electron chi connectivity index (χ1n) is 7.35. The molecule has 0 aliphatic heterocycles. The minimum absolute atomic E-state index is 0.00956. The summed E-state index contributed by atoms with van der Waals surface area (Å²) in [5, 5.41) is 3.03. The van der Waals surface area contributed by atoms with Crippen molar-refractivity contribution >= 4 is 5.91 Å². The predicted octanol–water partition coefficient (Wildman–Crippen LogP) is 1.84. The fourth-order valence-electron chi connectivity index (χ4n) is 1.90. The number of amides is 1. The van der Waals surface area contributed by atoms with E-state index < -0.39 is 0 Å². The number of nitrogens with zero attached hydrogens (tertiary/aromatic N) is 1. The van der Waals surface area contributed by atoms with Gasteiger partial charge in [-0.2, -0.15) is 0 Å². The Labute approximate surface area is 119 Å². The predicted molar refractivity (Wildman–Crippen MR) is 82.0 cm³/mol. The Morgan fingerprint density at radius 2 is 1.84 bits per heavy atom. The van der Waals surface area contributed by atoms with Crippen LogP contribution < -0.4 is 11.1 Å². The number of nitrogens with one attached hydrogen (secondary N) is 1. The van der Waals surface area contributed by atoms with Crippen molar-refractivity contribution in [2.24, 2.45) is 17.6 Å². The summed E-state index contributed by atoms with van der Waals surface area (Å²) < 4.78 is 0. The number of nitrogens with two attached hydrogens (primary N) is 1. The summed E-state index contributed by atoms with van der Waals surface area (Å²) in [5.41, 5.74) is 5.61. The molecule has 0 aromatic carbocycles. The van der Waals surface area contributed by atoms with Crippen molar-refractivity contribution in [3.63, 3.8) is 0 Å². The minimum Gasteiger partial charge on any atom is -0.354 e. The summed E-state index contributed by atoms with van der Waals surface area (Å²) >= 11 is 0. The van der Waals surface area contributed by atoms with Gasteiger partial charge in [0.25, 0.3) is 0 Å². The Balaban J connectivity index is 4.05. The molecule has 3 N–H and O–H groups in total. The second-order valence-electron chi connectivity index (χ2n) is 6.60. The van der Waals surface area contributed by atoms with E-state index in [1.807, 2.05) is 14.1 Å². The van der Waals surface area contributed by atoms with E-state index in [4.69, 9.17) is 5.73 Å². The Hall–Kier alpha value is -0.610. The van der Waals surface area contributed by atoms with Crippen LogP contribution in [0, 0.1) is 11.8 Å². The maximum atomic E-state index is 11.9. The minimum atomic E-state index is -0.00956. The van der Waals surface area contributed by atoms with Crippen molar-refractivity contribution in [1.82, 2.24) is 10.2 Å². The van der Waals surface area contributed by atoms with Gasteiger partial charge in [0.1, 0.15) is 0 Å². The first kappa shape index (κ1) is 18.4. The van der Waals surface area contributed by atoms with Crippen molar-refractivity contribution in [3.05, 3.63) is 0 Å². The van der Waals surface area contributed by atoms with Crippen LogP contribution in [-0.4, -0.2) is 43.5 Å². The molecule has 19 heavy (non-hydrogen) atoms. The SMILES string of the molecule is CC(C)C(CCN)CCC(=O)NCC(C)(C)N(C)C. The van der Waals surface area contributed by atoms with E-state index in [0.29, 0.717) is 31.3 Å². The van der Waals surface area contributed by atoms with Crippen molar-refractivity contribution < 1.29 is 4.79 Å². The fraction of sp³-hybridized carbons (Fsp3) is 0.933. The molecule has 114 valence electrons. The molecule has 1 unspecified atom stereocenters. The zero-order chi connectivity index (χ0) is 15.1. The lowest BCUT2D eigenvalue weighted by molar-refractivity contribution is -0.122. The second kappa shape index (κ2) is 8.54. The zero-order valence-corrected chi connectivity index (χ0v) is 13.6. The number of carbonyl (C=O) groups is 1. The van der Waals surface area contributed by atoms with E-state index in [0.717, 1.165) is 12.8 Å². The van der Waals surface area contributed by atoms with Gasteiger partial charge in [0.2, 0.25) is 5.91 Å². The molecule has 0 saturated carbocycles. The third-order valence-corrected chi connectivity index (χ3v) is 4.15. The van der Waals surface area contributed by atoms with E-state index >= 15 is 0 Å². The van der Waals surface area contributed by atoms with Gasteiger partial charge in [-0.05, 0) is 59.2 Å². The number of hydrogen-bond donors (Lipinski definition) is 2. The summed E-state index contributed by atoms with van der Waals surface area (Å²) in [6.45, 7) is 10.0. The van der Waals surface area contributed by atoms with Crippen LogP contribution in [0.5, 0.6) is 0 Å². The number of hydrogen-bond acceptors (Lipinski definition) is 3. The highest BCUT2D eigenvalue weighted by atomic mass is 16.1. The molecule has 0 radical (unpaired) electrons. The normalized spacial score (nSPS) is 13.9. The van der Waals surface area contributed by atoms with Crippen LogP contribution >= 0.6 is 0 Å². The lowest BCUT2D eigenvalue weighted by atomic mass is 9.88. The standard InChI is InChI=1S/C15H33N3O/c1-12(2)13(9-10-16)7-8-14(19)17-11-15(3,4)18(5)6/h12-13H,7-11,16H2,1-6H3,(H,17,19). The molecule has 1 atom stereocenters. The van der Waals surface area contributed by atoms with Crippen LogP contribution in [0.3, 0.4) is 0 Å². The van der Waals surface area contributed by atoms with E-state index in [1.165, 1.54) is 0 Å². The van der Waals surface area contributed by atoms with Crippen molar-refractivity contribution in [1.29, 1.82) is 0 Å². The van der Waals surface area contributed by atoms with Gasteiger partial charge < -0.3 is 16.0 Å². The molecule has 1 amide bonds. The number of carbonyl (C=O) groups excluding carboxylic acids is 1. The Bertz CT molecular complexity index is 262. The maximum Gasteiger partial charge on any atom is 0.220 e. The van der Waals surface area contributed by atoms with Gasteiger partial charge in [-0.3, -0.25) is 4.79 Å². The molecule has 4 heteroatoms. The summed E-state index contributed by atoms with van der Waals surface area (Å²) in [6, 6.07) is 0. The molecule has 0 aliphatic rings. The Morgan fingerprint density at radius 1 is 1.26 bits per heavy atom. The Morgan fingerprint density at radius 3 is 2.26 bits per heavy atom. The van der Waals surface area contributed by atoms with Crippen molar-refractivity contribution in [2.75, 3.05) is 27.2 Å². The summed E-state index contributed by atoms with van der Waals surface area (Å²) in [4.78, 5) is 14.0. The van der Waals surface area contributed by atoms with Gasteiger partial charge in [0, 0.05) is 18.5 Å². The van der Waals surface area contributed by atoms with Crippen molar-refractivity contribution in [3.8, 4) is 0 Å². The van der Waals surface area contributed by atoms with Gasteiger partial charge in [-0.1, -0.05) is 13.8 Å². The molecule has 0 heterocycles. The number of likely N-dealkylation sites (N-methyl/N-ethyl adjacent to an activating group) is 1. The highest BCUT2D eigenvalue weighted by molar-refractivity contribution is 5.75. The lowest BCUT2D eigenvalue weighted by Gasteiger charge is -2.32. The van der Waals surface area contributed by atoms with Gasteiger partial charge in [-0.15, -0.1) is 0 Å². The first-order chi connectivity index (χ1) is 8.70. The molecule has 0 rings (SSSR count). The number of rotatable bonds is 9. The average molecular weight is 271 g/mol. The molecule has 0 aromatic rings. The van der Waals surface area contributed by atoms with E-state index in [9.17, 15) is 4.79 Å². The summed E-state index contributed by atoms with van der Waals surface area (Å²) in [7, 11) is 4.06. The molecule has 0 bridgehead atoms. The second-order valence-corrected chi connectivity index (χ2v) is 6.60. The van der Waals surface area contributed by atoms with E-state index in [1.54, 1.807) is 0 Å². The average Bonchev–Trinajstić information content (AvgIpc) is 2.31. The Kier molecular flexibility index (Phi) is 8.26. The lowest BCUT2D eigenvalue weighted by Crippen LogP contribution is -2.48. The van der Waals surface area contributed by atoms with Gasteiger partial charge >= 0.3 is 0 Å². The first-order valence-corrected chi connectivity index (χ1v) is 7.35. The molecule has 0 aromatic heterocycles. The van der Waals surface area contributed by atoms with Crippen LogP contribution in [0.4, 0.5) is 0 Å². The topological polar surface area (TPSA) is 58.4 Å². The van der Waals surface area contributed by atoms with Crippen LogP contribution in [0.1, 0.15) is 47.0 Å². The van der Waals surface area contributed by atoms with Crippen LogP contribution in [0.25, 0.3) is 0 Å². The van der Waals surface area contributed by atoms with Crippen LogP contribution in [0.2, 0.25) is 0 Å². The molecule has 0 fully saturated rings. The largest absolute Gasteiger partial charge is 0.354 e. The third-order valence-electron chi connectivity index (χ3n) is 4.15. The maximum absolute atomic E-state index is 11.9. The van der Waals surface area contributed by atoms with E-state index in [2.05, 4.69) is 37.9 Å². The highest BCUT2D eigenvalue weighted by Crippen LogP contribution is 2.20. The fourth-order valence-corrected chi connectivity index (χ4v) is 1.90. The van der Waals surface area contributed by atoms with E-state index in [-0.39, 0.29) is 11.4 Å². The van der Waals surface area contributed by atoms with Crippen LogP contribution in [-0.2, 0) is 4.79 Å². The van der Waals surface area contributed by atoms with Gasteiger partial charge in [0.15, 0.2) is 0 Å². The summed E-state index contributed by atoms with van der Waals surface area (Å²) in [6.07, 6.45) is 2.55. The molecular formula is C15H33N3O. The van der Waals surface area contributed by atoms with Gasteiger partial charge in [0.05, 0.1) is 0 Å². The monoisotopic (exact) mass is 271 g/mol. The third kappa shape index (κ3) is 7.53. The highest BCUT2D eigenvalue weighted by Gasteiger charge is 2.21. The quantitative estimate of drug-likeness (QED) is 0.673. The summed E-state index contributed by atoms with van der Waals surface area (Å²) in [5.74, 6) is 1.30. The van der Waals surface area contributed by atoms with Gasteiger partial charge in [-0.25, -0.2) is 0 Å². The molecule has 4 nitrogen and oxygen atoms in total. The zero-order valence-electron chi connectivity index (χ0n) is 13.6. The molecule has 0 spiro atoms. The molecular weight excluding hydrogens is 238 g/mol. The van der Waals surface area contributed by atoms with Crippen LogP contribution in [0.15, 0.2) is 0 Å². The smallest absolute Gasteiger partial charge is 0.220 e.